The zero-order chi connectivity index (χ0) is 9.84. The third-order valence-electron chi connectivity index (χ3n) is 1.35. The lowest BCUT2D eigenvalue weighted by atomic mass is 10.2. The van der Waals surface area contributed by atoms with Crippen molar-refractivity contribution in [1.29, 1.82) is 5.26 Å². The molecule has 0 aliphatic rings. The molecule has 70 valence electrons. The molecule has 0 bridgehead atoms. The molecule has 1 rings (SSSR count). The smallest absolute Gasteiger partial charge is 0.185 e. The first-order valence-electron chi connectivity index (χ1n) is 3.93. The summed E-state index contributed by atoms with van der Waals surface area (Å²) in [6.07, 6.45) is 0. The second kappa shape index (κ2) is 4.45. The minimum atomic E-state index is 0.291. The van der Waals surface area contributed by atoms with E-state index in [0.29, 0.717) is 15.9 Å². The quantitative estimate of drug-likeness (QED) is 0.844. The zero-order valence-electron chi connectivity index (χ0n) is 7.47. The fourth-order valence-electron chi connectivity index (χ4n) is 0.738. The van der Waals surface area contributed by atoms with Crippen molar-refractivity contribution >= 4 is 28.1 Å². The van der Waals surface area contributed by atoms with Crippen LogP contribution in [0.2, 0.25) is 5.15 Å². The standard InChI is InChI=1S/C8H10ClN3S/c1-5(2)4-11-8-12-7(9)6(3-10)13-8/h5H,4H2,1-2H3,(H,11,12). The van der Waals surface area contributed by atoms with Crippen LogP contribution >= 0.6 is 22.9 Å². The molecule has 0 aliphatic heterocycles. The van der Waals surface area contributed by atoms with Crippen LogP contribution in [0.4, 0.5) is 5.13 Å². The SMILES string of the molecule is CC(C)CNc1nc(Cl)c(C#N)s1. The van der Waals surface area contributed by atoms with Gasteiger partial charge in [-0.15, -0.1) is 0 Å². The number of nitriles is 1. The lowest BCUT2D eigenvalue weighted by Gasteiger charge is -2.03. The van der Waals surface area contributed by atoms with Gasteiger partial charge in [0.1, 0.15) is 10.9 Å². The van der Waals surface area contributed by atoms with Crippen molar-refractivity contribution in [2.24, 2.45) is 5.92 Å². The number of hydrogen-bond donors (Lipinski definition) is 1. The highest BCUT2D eigenvalue weighted by Gasteiger charge is 2.07. The summed E-state index contributed by atoms with van der Waals surface area (Å²) in [5.74, 6) is 0.549. The minimum absolute atomic E-state index is 0.291. The average molecular weight is 216 g/mol. The fourth-order valence-corrected chi connectivity index (χ4v) is 1.69. The van der Waals surface area contributed by atoms with Crippen LogP contribution in [0, 0.1) is 17.2 Å². The van der Waals surface area contributed by atoms with Gasteiger partial charge in [0.25, 0.3) is 0 Å². The second-order valence-electron chi connectivity index (χ2n) is 3.03. The van der Waals surface area contributed by atoms with Gasteiger partial charge in [0.2, 0.25) is 0 Å². The van der Waals surface area contributed by atoms with E-state index in [-0.39, 0.29) is 0 Å². The maximum Gasteiger partial charge on any atom is 0.185 e. The molecule has 0 amide bonds. The Balaban J connectivity index is 2.64. The average Bonchev–Trinajstić information content (AvgIpc) is 2.43. The molecule has 1 N–H and O–H groups in total. The Morgan fingerprint density at radius 1 is 1.69 bits per heavy atom. The number of nitrogens with one attached hydrogen (secondary N) is 1. The van der Waals surface area contributed by atoms with Crippen molar-refractivity contribution < 1.29 is 0 Å². The second-order valence-corrected chi connectivity index (χ2v) is 4.38. The number of rotatable bonds is 3. The van der Waals surface area contributed by atoms with Crippen LogP contribution in [-0.4, -0.2) is 11.5 Å². The number of thiazole rings is 1. The molecule has 1 heterocycles. The molecular formula is C8H10ClN3S. The van der Waals surface area contributed by atoms with Gasteiger partial charge in [-0.25, -0.2) is 4.98 Å². The van der Waals surface area contributed by atoms with Gasteiger partial charge in [-0.2, -0.15) is 5.26 Å². The maximum atomic E-state index is 8.62. The predicted octanol–water partition coefficient (Wildman–Crippen LogP) is 2.74. The Labute approximate surface area is 86.4 Å². The van der Waals surface area contributed by atoms with Crippen LogP contribution < -0.4 is 5.32 Å². The van der Waals surface area contributed by atoms with Gasteiger partial charge in [0, 0.05) is 6.54 Å². The largest absolute Gasteiger partial charge is 0.361 e. The summed E-state index contributed by atoms with van der Waals surface area (Å²) in [5.41, 5.74) is 0. The Morgan fingerprint density at radius 3 is 2.85 bits per heavy atom. The summed E-state index contributed by atoms with van der Waals surface area (Å²) >= 11 is 6.98. The molecule has 0 unspecified atom stereocenters. The van der Waals surface area contributed by atoms with Crippen molar-refractivity contribution in [2.75, 3.05) is 11.9 Å². The van der Waals surface area contributed by atoms with Crippen molar-refractivity contribution in [3.8, 4) is 6.07 Å². The number of nitrogens with zero attached hydrogens (tertiary/aromatic N) is 2. The van der Waals surface area contributed by atoms with E-state index in [2.05, 4.69) is 24.1 Å². The molecule has 3 nitrogen and oxygen atoms in total. The number of halogens is 1. The fraction of sp³-hybridized carbons (Fsp3) is 0.500. The van der Waals surface area contributed by atoms with E-state index in [0.717, 1.165) is 11.7 Å². The monoisotopic (exact) mass is 215 g/mol. The number of hydrogen-bond acceptors (Lipinski definition) is 4. The number of anilines is 1. The van der Waals surface area contributed by atoms with Crippen LogP contribution in [0.15, 0.2) is 0 Å². The molecule has 0 fully saturated rings. The summed E-state index contributed by atoms with van der Waals surface area (Å²) in [4.78, 5) is 4.47. The minimum Gasteiger partial charge on any atom is -0.361 e. The summed E-state index contributed by atoms with van der Waals surface area (Å²) in [5, 5.41) is 12.7. The van der Waals surface area contributed by atoms with Crippen molar-refractivity contribution in [3.05, 3.63) is 10.0 Å². The molecule has 0 atom stereocenters. The molecule has 0 saturated heterocycles. The zero-order valence-corrected chi connectivity index (χ0v) is 9.04. The van der Waals surface area contributed by atoms with Gasteiger partial charge in [-0.05, 0) is 5.92 Å². The third-order valence-corrected chi connectivity index (χ3v) is 2.65. The first-order valence-corrected chi connectivity index (χ1v) is 5.13. The first-order chi connectivity index (χ1) is 6.13. The van der Waals surface area contributed by atoms with Crippen molar-refractivity contribution in [3.63, 3.8) is 0 Å². The highest BCUT2D eigenvalue weighted by molar-refractivity contribution is 7.16. The topological polar surface area (TPSA) is 48.7 Å². The van der Waals surface area contributed by atoms with Gasteiger partial charge in [0.05, 0.1) is 0 Å². The maximum absolute atomic E-state index is 8.62. The van der Waals surface area contributed by atoms with Gasteiger partial charge in [0.15, 0.2) is 10.3 Å². The van der Waals surface area contributed by atoms with Crippen LogP contribution in [-0.2, 0) is 0 Å². The van der Waals surface area contributed by atoms with Gasteiger partial charge < -0.3 is 5.32 Å². The van der Waals surface area contributed by atoms with E-state index in [4.69, 9.17) is 16.9 Å². The van der Waals surface area contributed by atoms with Crippen molar-refractivity contribution in [1.82, 2.24) is 4.98 Å². The van der Waals surface area contributed by atoms with Crippen LogP contribution in [0.1, 0.15) is 18.7 Å². The van der Waals surface area contributed by atoms with Crippen LogP contribution in [0.5, 0.6) is 0 Å². The van der Waals surface area contributed by atoms with E-state index in [1.54, 1.807) is 0 Å². The highest BCUT2D eigenvalue weighted by atomic mass is 35.5. The molecule has 0 saturated carbocycles. The molecular weight excluding hydrogens is 206 g/mol. The van der Waals surface area contributed by atoms with E-state index in [1.807, 2.05) is 6.07 Å². The molecule has 5 heteroatoms. The molecule has 0 spiro atoms. The van der Waals surface area contributed by atoms with Crippen molar-refractivity contribution in [2.45, 2.75) is 13.8 Å². The number of aromatic nitrogens is 1. The molecule has 13 heavy (non-hydrogen) atoms. The van der Waals surface area contributed by atoms with Crippen LogP contribution in [0.3, 0.4) is 0 Å². The molecule has 0 aromatic carbocycles. The lowest BCUT2D eigenvalue weighted by molar-refractivity contribution is 0.688. The molecule has 1 aromatic heterocycles. The Bertz CT molecular complexity index is 327. The van der Waals surface area contributed by atoms with E-state index < -0.39 is 0 Å². The summed E-state index contributed by atoms with van der Waals surface area (Å²) in [6, 6.07) is 1.99. The summed E-state index contributed by atoms with van der Waals surface area (Å²) in [7, 11) is 0. The summed E-state index contributed by atoms with van der Waals surface area (Å²) in [6.45, 7) is 5.05. The molecule has 0 aliphatic carbocycles. The van der Waals surface area contributed by atoms with E-state index in [1.165, 1.54) is 11.3 Å². The Hall–Kier alpha value is -0.790. The van der Waals surface area contributed by atoms with Crippen LogP contribution in [0.25, 0.3) is 0 Å². The van der Waals surface area contributed by atoms with E-state index >= 15 is 0 Å². The summed E-state index contributed by atoms with van der Waals surface area (Å²) < 4.78 is 0. The van der Waals surface area contributed by atoms with E-state index in [9.17, 15) is 0 Å². The van der Waals surface area contributed by atoms with Gasteiger partial charge in [-0.1, -0.05) is 36.8 Å². The van der Waals surface area contributed by atoms with Gasteiger partial charge in [-0.3, -0.25) is 0 Å². The normalized spacial score (nSPS) is 10.1. The Morgan fingerprint density at radius 2 is 2.38 bits per heavy atom. The third kappa shape index (κ3) is 2.87. The lowest BCUT2D eigenvalue weighted by Crippen LogP contribution is -2.07. The predicted molar refractivity (Wildman–Crippen MR) is 55.2 cm³/mol. The van der Waals surface area contributed by atoms with Gasteiger partial charge >= 0.3 is 0 Å². The Kier molecular flexibility index (Phi) is 3.52. The first kappa shape index (κ1) is 10.3. The highest BCUT2D eigenvalue weighted by Crippen LogP contribution is 2.25. The molecule has 1 aromatic rings. The molecule has 0 radical (unpaired) electrons.